The number of anilines is 2. The van der Waals surface area contributed by atoms with Crippen LogP contribution in [0.2, 0.25) is 0 Å². The van der Waals surface area contributed by atoms with E-state index in [1.165, 1.54) is 29.2 Å². The first kappa shape index (κ1) is 27.7. The van der Waals surface area contributed by atoms with E-state index in [2.05, 4.69) is 20.8 Å². The molecule has 206 valence electrons. The number of thiazole rings is 1. The van der Waals surface area contributed by atoms with Crippen LogP contribution < -0.4 is 20.4 Å². The molecule has 41 heavy (non-hydrogen) atoms. The van der Waals surface area contributed by atoms with Gasteiger partial charge in [0, 0.05) is 5.56 Å². The van der Waals surface area contributed by atoms with Gasteiger partial charge in [0.05, 0.1) is 23.4 Å². The number of para-hydroxylation sites is 1. The van der Waals surface area contributed by atoms with E-state index in [1.807, 2.05) is 18.2 Å². The third-order valence-electron chi connectivity index (χ3n) is 5.82. The average Bonchev–Trinajstić information content (AvgIpc) is 3.51. The number of hydrazone groups is 1. The van der Waals surface area contributed by atoms with E-state index in [0.29, 0.717) is 22.0 Å². The van der Waals surface area contributed by atoms with Gasteiger partial charge >= 0.3 is 0 Å². The average molecular weight is 588 g/mol. The zero-order valence-corrected chi connectivity index (χ0v) is 23.4. The summed E-state index contributed by atoms with van der Waals surface area (Å²) in [5, 5.41) is 7.36. The van der Waals surface area contributed by atoms with E-state index in [1.54, 1.807) is 56.5 Å². The summed E-state index contributed by atoms with van der Waals surface area (Å²) in [7, 11) is 1.58. The van der Waals surface area contributed by atoms with Crippen molar-refractivity contribution in [3.8, 4) is 5.75 Å². The molecule has 9 nitrogen and oxygen atoms in total. The van der Waals surface area contributed by atoms with Crippen LogP contribution in [-0.2, 0) is 4.79 Å². The number of aryl methyl sites for hydroxylation is 1. The third kappa shape index (κ3) is 6.34. The van der Waals surface area contributed by atoms with Crippen LogP contribution in [0.4, 0.5) is 15.2 Å². The van der Waals surface area contributed by atoms with E-state index in [4.69, 9.17) is 4.74 Å². The Morgan fingerprint density at radius 3 is 2.39 bits per heavy atom. The lowest BCUT2D eigenvalue weighted by Gasteiger charge is -2.15. The number of halogens is 1. The summed E-state index contributed by atoms with van der Waals surface area (Å²) >= 11 is 2.10. The van der Waals surface area contributed by atoms with E-state index < -0.39 is 17.6 Å². The number of methoxy groups -OCH3 is 1. The summed E-state index contributed by atoms with van der Waals surface area (Å²) < 4.78 is 18.4. The second kappa shape index (κ2) is 12.1. The molecule has 5 rings (SSSR count). The van der Waals surface area contributed by atoms with Gasteiger partial charge in [-0.15, -0.1) is 5.10 Å². The number of carbonyl (C=O) groups is 3. The van der Waals surface area contributed by atoms with E-state index in [9.17, 15) is 18.8 Å². The summed E-state index contributed by atoms with van der Waals surface area (Å²) in [6.45, 7) is 1.63. The van der Waals surface area contributed by atoms with Crippen LogP contribution >= 0.6 is 23.1 Å². The number of ether oxygens (including phenoxy) is 1. The molecule has 2 N–H and O–H groups in total. The van der Waals surface area contributed by atoms with Crippen molar-refractivity contribution in [1.82, 2.24) is 10.4 Å². The molecule has 0 radical (unpaired) electrons. The Hall–Kier alpha value is -4.81. The first-order valence-corrected chi connectivity index (χ1v) is 13.8. The van der Waals surface area contributed by atoms with Gasteiger partial charge in [0.2, 0.25) is 0 Å². The van der Waals surface area contributed by atoms with Crippen LogP contribution in [0.25, 0.3) is 6.08 Å². The maximum Gasteiger partial charge on any atom is 0.283 e. The predicted molar refractivity (Wildman–Crippen MR) is 159 cm³/mol. The number of hydrogen-bond acceptors (Lipinski definition) is 8. The molecule has 0 aliphatic carbocycles. The summed E-state index contributed by atoms with van der Waals surface area (Å²) in [5.74, 6) is -1.08. The summed E-state index contributed by atoms with van der Waals surface area (Å²) in [5.41, 5.74) is 4.54. The van der Waals surface area contributed by atoms with Gasteiger partial charge in [-0.25, -0.2) is 14.8 Å². The molecule has 0 spiro atoms. The molecule has 2 heterocycles. The quantitative estimate of drug-likeness (QED) is 0.213. The number of amides is 3. The monoisotopic (exact) mass is 587 g/mol. The lowest BCUT2D eigenvalue weighted by atomic mass is 10.2. The van der Waals surface area contributed by atoms with Crippen LogP contribution in [0.5, 0.6) is 5.75 Å². The highest BCUT2D eigenvalue weighted by molar-refractivity contribution is 8.19. The number of carbonyl (C=O) groups excluding carboxylic acids is 3. The minimum atomic E-state index is -0.552. The smallest absolute Gasteiger partial charge is 0.283 e. The van der Waals surface area contributed by atoms with Gasteiger partial charge in [-0.2, -0.15) is 0 Å². The molecular formula is C29H22FN5O4S2. The lowest BCUT2D eigenvalue weighted by Crippen LogP contribution is -2.31. The standard InChI is InChI=1S/C29H22FN5O4S2/c1-17-24(41-28(31-17)32-25(36)19-10-12-20(30)13-11-19)26(37)33-34-29-35(21-6-4-3-5-7-21)27(38)23(40-29)16-18-8-14-22(39-2)15-9-18/h3-16H,1-2H3,(H,33,37)(H,31,32,36)/b23-16+,34-29-. The number of aromatic nitrogens is 1. The molecule has 1 aromatic heterocycles. The van der Waals surface area contributed by atoms with Gasteiger partial charge in [0.25, 0.3) is 17.7 Å². The van der Waals surface area contributed by atoms with E-state index in [0.717, 1.165) is 28.7 Å². The van der Waals surface area contributed by atoms with Crippen LogP contribution in [0, 0.1) is 12.7 Å². The zero-order chi connectivity index (χ0) is 28.9. The van der Waals surface area contributed by atoms with Crippen molar-refractivity contribution in [2.75, 3.05) is 17.3 Å². The second-order valence-corrected chi connectivity index (χ2v) is 10.6. The number of hydrogen-bond donors (Lipinski definition) is 2. The van der Waals surface area contributed by atoms with Crippen molar-refractivity contribution in [1.29, 1.82) is 0 Å². The Balaban J connectivity index is 1.35. The van der Waals surface area contributed by atoms with Crippen LogP contribution in [0.15, 0.2) is 88.9 Å². The molecular weight excluding hydrogens is 565 g/mol. The molecule has 1 aliphatic rings. The fourth-order valence-electron chi connectivity index (χ4n) is 3.79. The molecule has 1 fully saturated rings. The third-order valence-corrected chi connectivity index (χ3v) is 7.86. The van der Waals surface area contributed by atoms with Crippen LogP contribution in [0.1, 0.15) is 31.3 Å². The van der Waals surface area contributed by atoms with Gasteiger partial charge in [0.1, 0.15) is 16.4 Å². The number of amidine groups is 1. The zero-order valence-electron chi connectivity index (χ0n) is 21.8. The number of nitrogens with one attached hydrogen (secondary N) is 2. The molecule has 0 atom stereocenters. The fraction of sp³-hybridized carbons (Fsp3) is 0.0690. The van der Waals surface area contributed by atoms with Crippen LogP contribution in [0.3, 0.4) is 0 Å². The van der Waals surface area contributed by atoms with E-state index >= 15 is 0 Å². The predicted octanol–water partition coefficient (Wildman–Crippen LogP) is 5.67. The minimum Gasteiger partial charge on any atom is -0.497 e. The van der Waals surface area contributed by atoms with Crippen molar-refractivity contribution < 1.29 is 23.5 Å². The van der Waals surface area contributed by atoms with E-state index in [-0.39, 0.29) is 26.6 Å². The number of nitrogens with zero attached hydrogens (tertiary/aromatic N) is 3. The number of thioether (sulfide) groups is 1. The Morgan fingerprint density at radius 1 is 1.00 bits per heavy atom. The first-order valence-electron chi connectivity index (χ1n) is 12.2. The molecule has 3 amide bonds. The molecule has 4 aromatic rings. The lowest BCUT2D eigenvalue weighted by molar-refractivity contribution is -0.113. The highest BCUT2D eigenvalue weighted by atomic mass is 32.2. The van der Waals surface area contributed by atoms with Crippen molar-refractivity contribution in [2.45, 2.75) is 6.92 Å². The summed E-state index contributed by atoms with van der Waals surface area (Å²) in [4.78, 5) is 45.3. The molecule has 0 saturated carbocycles. The summed E-state index contributed by atoms with van der Waals surface area (Å²) in [6.07, 6.45) is 1.75. The minimum absolute atomic E-state index is 0.204. The molecule has 0 bridgehead atoms. The molecule has 1 aliphatic heterocycles. The maximum absolute atomic E-state index is 13.4. The van der Waals surface area contributed by atoms with Gasteiger partial charge in [-0.1, -0.05) is 41.7 Å². The summed E-state index contributed by atoms with van der Waals surface area (Å²) in [6, 6.07) is 21.3. The molecule has 0 unspecified atom stereocenters. The SMILES string of the molecule is COc1ccc(/C=C2/S/C(=N\NC(=O)c3sc(NC(=O)c4ccc(F)cc4)nc3C)N(c3ccccc3)C2=O)cc1. The Labute approximate surface area is 242 Å². The normalized spacial score (nSPS) is 14.9. The molecule has 12 heteroatoms. The van der Waals surface area contributed by atoms with Crippen molar-refractivity contribution in [3.63, 3.8) is 0 Å². The fourth-order valence-corrected chi connectivity index (χ4v) is 5.58. The van der Waals surface area contributed by atoms with Gasteiger partial charge in [-0.3, -0.25) is 24.6 Å². The highest BCUT2D eigenvalue weighted by Crippen LogP contribution is 2.36. The molecule has 1 saturated heterocycles. The van der Waals surface area contributed by atoms with Gasteiger partial charge in [0.15, 0.2) is 10.3 Å². The van der Waals surface area contributed by atoms with Crippen LogP contribution in [-0.4, -0.2) is 35.0 Å². The Kier molecular flexibility index (Phi) is 8.22. The number of rotatable bonds is 7. The maximum atomic E-state index is 13.4. The second-order valence-electron chi connectivity index (χ2n) is 8.59. The first-order chi connectivity index (χ1) is 19.8. The van der Waals surface area contributed by atoms with Gasteiger partial charge < -0.3 is 4.74 Å². The Morgan fingerprint density at radius 2 is 1.71 bits per heavy atom. The van der Waals surface area contributed by atoms with Gasteiger partial charge in [-0.05, 0) is 78.9 Å². The Bertz CT molecular complexity index is 1670. The topological polar surface area (TPSA) is 113 Å². The molecule has 3 aromatic carbocycles. The number of benzene rings is 3. The van der Waals surface area contributed by atoms with Crippen molar-refractivity contribution >= 4 is 62.9 Å². The highest BCUT2D eigenvalue weighted by Gasteiger charge is 2.35. The van der Waals surface area contributed by atoms with Crippen molar-refractivity contribution in [2.24, 2.45) is 5.10 Å². The van der Waals surface area contributed by atoms with Crippen molar-refractivity contribution in [3.05, 3.63) is 111 Å². The largest absolute Gasteiger partial charge is 0.497 e.